The van der Waals surface area contributed by atoms with Crippen molar-refractivity contribution in [2.75, 3.05) is 13.7 Å². The summed E-state index contributed by atoms with van der Waals surface area (Å²) < 4.78 is 6.89. The van der Waals surface area contributed by atoms with Crippen molar-refractivity contribution in [2.45, 2.75) is 13.3 Å². The number of hydrogen-bond donors (Lipinski definition) is 0. The maximum atomic E-state index is 6.71. The summed E-state index contributed by atoms with van der Waals surface area (Å²) in [7, 11) is 3.46. The lowest BCUT2D eigenvalue weighted by Crippen LogP contribution is -1.97. The minimum atomic E-state index is 0.489. The second-order valence-corrected chi connectivity index (χ2v) is 2.83. The third-order valence-corrected chi connectivity index (χ3v) is 1.96. The smallest absolute Gasteiger partial charge is 0.218 e. The van der Waals surface area contributed by atoms with Gasteiger partial charge in [0.25, 0.3) is 0 Å². The van der Waals surface area contributed by atoms with Gasteiger partial charge in [-0.25, -0.2) is 11.3 Å². The first-order chi connectivity index (χ1) is 6.20. The average Bonchev–Trinajstić information content (AvgIpc) is 2.37. The molecule has 0 saturated carbocycles. The van der Waals surface area contributed by atoms with Gasteiger partial charge in [-0.2, -0.15) is 5.10 Å². The number of aryl methyl sites for hydroxylation is 2. The molecule has 0 aliphatic rings. The zero-order chi connectivity index (χ0) is 9.84. The lowest BCUT2D eigenvalue weighted by atomic mass is 10.2. The summed E-state index contributed by atoms with van der Waals surface area (Å²) in [4.78, 5) is 3.31. The molecule has 0 saturated heterocycles. The second kappa shape index (κ2) is 3.94. The molecule has 70 valence electrons. The highest BCUT2D eigenvalue weighted by Gasteiger charge is 2.13. The van der Waals surface area contributed by atoms with Gasteiger partial charge in [-0.05, 0) is 6.92 Å². The average molecular weight is 179 g/mol. The van der Waals surface area contributed by atoms with Crippen LogP contribution in [0.15, 0.2) is 0 Å². The van der Waals surface area contributed by atoms with Crippen molar-refractivity contribution in [3.05, 3.63) is 22.7 Å². The number of methoxy groups -OCH3 is 1. The molecule has 1 aromatic rings. The van der Waals surface area contributed by atoms with Gasteiger partial charge in [-0.15, -0.1) is 0 Å². The highest BCUT2D eigenvalue weighted by atomic mass is 16.5. The number of hydrogen-bond acceptors (Lipinski definition) is 2. The maximum Gasteiger partial charge on any atom is 0.218 e. The predicted octanol–water partition coefficient (Wildman–Crippen LogP) is 1.20. The molecule has 4 heteroatoms. The maximum absolute atomic E-state index is 6.71. The number of nitrogens with zero attached hydrogens (tertiary/aromatic N) is 3. The van der Waals surface area contributed by atoms with Gasteiger partial charge in [0.05, 0.1) is 19.2 Å². The van der Waals surface area contributed by atoms with Crippen molar-refractivity contribution in [3.8, 4) is 5.88 Å². The summed E-state index contributed by atoms with van der Waals surface area (Å²) in [6, 6.07) is 0. The molecule has 0 amide bonds. The largest absolute Gasteiger partial charge is 0.481 e. The molecule has 13 heavy (non-hydrogen) atoms. The molecular weight excluding hydrogens is 166 g/mol. The molecule has 0 bridgehead atoms. The Kier molecular flexibility index (Phi) is 2.91. The number of rotatable bonds is 3. The predicted molar refractivity (Wildman–Crippen MR) is 49.7 cm³/mol. The highest BCUT2D eigenvalue weighted by molar-refractivity contribution is 5.31. The van der Waals surface area contributed by atoms with Crippen molar-refractivity contribution >= 4 is 0 Å². The molecule has 0 aliphatic heterocycles. The molecular formula is C9H13N3O. The molecule has 0 aliphatic carbocycles. The molecule has 0 aromatic carbocycles. The first-order valence-corrected chi connectivity index (χ1v) is 4.10. The lowest BCUT2D eigenvalue weighted by Gasteiger charge is -2.01. The van der Waals surface area contributed by atoms with Crippen LogP contribution in [0.5, 0.6) is 5.88 Å². The summed E-state index contributed by atoms with van der Waals surface area (Å²) >= 11 is 0. The highest BCUT2D eigenvalue weighted by Crippen LogP contribution is 2.21. The van der Waals surface area contributed by atoms with Crippen molar-refractivity contribution in [1.82, 2.24) is 9.78 Å². The van der Waals surface area contributed by atoms with Crippen molar-refractivity contribution in [1.29, 1.82) is 0 Å². The minimum Gasteiger partial charge on any atom is -0.481 e. The number of ether oxygens (including phenoxy) is 1. The van der Waals surface area contributed by atoms with Gasteiger partial charge < -0.3 is 9.58 Å². The quantitative estimate of drug-likeness (QED) is 0.653. The van der Waals surface area contributed by atoms with Gasteiger partial charge in [0.1, 0.15) is 0 Å². The Bertz CT molecular complexity index is 335. The Labute approximate surface area is 77.9 Å². The van der Waals surface area contributed by atoms with Crippen LogP contribution in [0.3, 0.4) is 0 Å². The van der Waals surface area contributed by atoms with E-state index in [4.69, 9.17) is 11.3 Å². The number of aromatic nitrogens is 2. The molecule has 0 spiro atoms. The molecule has 1 aromatic heterocycles. The molecule has 0 radical (unpaired) electrons. The van der Waals surface area contributed by atoms with Gasteiger partial charge in [-0.3, -0.25) is 0 Å². The first-order valence-electron chi connectivity index (χ1n) is 4.10. The Hall–Kier alpha value is -1.50. The molecule has 1 rings (SSSR count). The van der Waals surface area contributed by atoms with E-state index in [0.29, 0.717) is 13.0 Å². The standard InChI is InChI=1S/C9H13N3O/c1-7-8(5-6-10-2)9(13-4)12(3)11-7/h5-6H2,1,3-4H3. The van der Waals surface area contributed by atoms with Crippen molar-refractivity contribution in [3.63, 3.8) is 0 Å². The van der Waals surface area contributed by atoms with E-state index < -0.39 is 0 Å². The Balaban J connectivity index is 2.97. The van der Waals surface area contributed by atoms with Crippen LogP contribution in [0, 0.1) is 13.5 Å². The van der Waals surface area contributed by atoms with Gasteiger partial charge in [0, 0.05) is 12.6 Å². The molecule has 1 heterocycles. The zero-order valence-corrected chi connectivity index (χ0v) is 8.16. The first kappa shape index (κ1) is 9.59. The molecule has 0 N–H and O–H groups in total. The SMILES string of the molecule is [C-]#[N+]CCc1c(C)nn(C)c1OC. The fraction of sp³-hybridized carbons (Fsp3) is 0.556. The van der Waals surface area contributed by atoms with Gasteiger partial charge in [-0.1, -0.05) is 0 Å². The molecule has 4 nitrogen and oxygen atoms in total. The van der Waals surface area contributed by atoms with Crippen LogP contribution < -0.4 is 4.74 Å². The summed E-state index contributed by atoms with van der Waals surface area (Å²) in [5, 5.41) is 4.22. The summed E-state index contributed by atoms with van der Waals surface area (Å²) in [6.45, 7) is 9.14. The van der Waals surface area contributed by atoms with E-state index in [1.54, 1.807) is 11.8 Å². The summed E-state index contributed by atoms with van der Waals surface area (Å²) in [5.41, 5.74) is 1.99. The van der Waals surface area contributed by atoms with Crippen LogP contribution in [0.4, 0.5) is 0 Å². The Morgan fingerprint density at radius 3 is 2.85 bits per heavy atom. The molecule has 0 atom stereocenters. The zero-order valence-electron chi connectivity index (χ0n) is 8.16. The van der Waals surface area contributed by atoms with Crippen LogP contribution in [0.1, 0.15) is 11.3 Å². The molecule has 0 fully saturated rings. The Morgan fingerprint density at radius 2 is 2.31 bits per heavy atom. The van der Waals surface area contributed by atoms with Crippen LogP contribution in [-0.4, -0.2) is 23.4 Å². The summed E-state index contributed by atoms with van der Waals surface area (Å²) in [6.07, 6.45) is 0.715. The fourth-order valence-corrected chi connectivity index (χ4v) is 1.39. The van der Waals surface area contributed by atoms with E-state index in [1.165, 1.54) is 0 Å². The summed E-state index contributed by atoms with van der Waals surface area (Å²) in [5.74, 6) is 0.765. The van der Waals surface area contributed by atoms with Crippen LogP contribution in [0.2, 0.25) is 0 Å². The van der Waals surface area contributed by atoms with E-state index in [-0.39, 0.29) is 0 Å². The van der Waals surface area contributed by atoms with E-state index in [9.17, 15) is 0 Å². The van der Waals surface area contributed by atoms with Crippen LogP contribution >= 0.6 is 0 Å². The third-order valence-electron chi connectivity index (χ3n) is 1.96. The third kappa shape index (κ3) is 1.81. The van der Waals surface area contributed by atoms with Gasteiger partial charge >= 0.3 is 0 Å². The fourth-order valence-electron chi connectivity index (χ4n) is 1.39. The van der Waals surface area contributed by atoms with Crippen molar-refractivity contribution < 1.29 is 4.74 Å². The van der Waals surface area contributed by atoms with Gasteiger partial charge in [0.2, 0.25) is 12.4 Å². The van der Waals surface area contributed by atoms with E-state index in [0.717, 1.165) is 17.1 Å². The molecule has 0 unspecified atom stereocenters. The monoisotopic (exact) mass is 179 g/mol. The van der Waals surface area contributed by atoms with Crippen LogP contribution in [-0.2, 0) is 13.5 Å². The lowest BCUT2D eigenvalue weighted by molar-refractivity contribution is 0.369. The van der Waals surface area contributed by atoms with Crippen molar-refractivity contribution in [2.24, 2.45) is 7.05 Å². The van der Waals surface area contributed by atoms with E-state index in [1.807, 2.05) is 14.0 Å². The van der Waals surface area contributed by atoms with Gasteiger partial charge in [0.15, 0.2) is 0 Å². The second-order valence-electron chi connectivity index (χ2n) is 2.83. The normalized spacial score (nSPS) is 9.69. The van der Waals surface area contributed by atoms with E-state index >= 15 is 0 Å². The van der Waals surface area contributed by atoms with E-state index in [2.05, 4.69) is 9.94 Å². The topological polar surface area (TPSA) is 31.4 Å². The Morgan fingerprint density at radius 1 is 1.62 bits per heavy atom. The van der Waals surface area contributed by atoms with Crippen LogP contribution in [0.25, 0.3) is 4.85 Å². The minimum absolute atomic E-state index is 0.489.